The molecule has 0 radical (unpaired) electrons. The van der Waals surface area contributed by atoms with Gasteiger partial charge in [-0.25, -0.2) is 14.3 Å². The Labute approximate surface area is 134 Å². The largest absolute Gasteiger partial charge is 0.497 e. The third kappa shape index (κ3) is 3.91. The predicted molar refractivity (Wildman–Crippen MR) is 86.5 cm³/mol. The maximum absolute atomic E-state index is 12.2. The van der Waals surface area contributed by atoms with E-state index < -0.39 is 0 Å². The first-order valence-corrected chi connectivity index (χ1v) is 7.36. The van der Waals surface area contributed by atoms with Crippen LogP contribution in [-0.2, 0) is 13.6 Å². The molecule has 0 aliphatic carbocycles. The van der Waals surface area contributed by atoms with E-state index in [4.69, 9.17) is 4.74 Å². The van der Waals surface area contributed by atoms with E-state index in [0.717, 1.165) is 11.3 Å². The number of ether oxygens (including phenoxy) is 1. The number of carbonyl (C=O) groups is 1. The summed E-state index contributed by atoms with van der Waals surface area (Å²) in [6, 6.07) is 7.06. The van der Waals surface area contributed by atoms with Crippen molar-refractivity contribution in [1.82, 2.24) is 25.0 Å². The molecule has 0 saturated carbocycles. The second kappa shape index (κ2) is 7.48. The number of aromatic nitrogens is 3. The zero-order chi connectivity index (χ0) is 16.8. The molecule has 8 heteroatoms. The lowest BCUT2D eigenvalue weighted by Gasteiger charge is -2.04. The van der Waals surface area contributed by atoms with Crippen LogP contribution in [0.4, 0.5) is 4.79 Å². The monoisotopic (exact) mass is 319 g/mol. The molecule has 0 aliphatic heterocycles. The number of carbonyl (C=O) groups excluding carboxylic acids is 1. The molecule has 2 aromatic rings. The van der Waals surface area contributed by atoms with Crippen molar-refractivity contribution in [3.05, 3.63) is 34.7 Å². The molecule has 0 unspecified atom stereocenters. The summed E-state index contributed by atoms with van der Waals surface area (Å²) in [7, 11) is 3.27. The fourth-order valence-electron chi connectivity index (χ4n) is 2.12. The van der Waals surface area contributed by atoms with Gasteiger partial charge in [-0.15, -0.1) is 5.10 Å². The number of nitrogens with zero attached hydrogens (tertiary/aromatic N) is 3. The van der Waals surface area contributed by atoms with Gasteiger partial charge in [-0.1, -0.05) is 0 Å². The van der Waals surface area contributed by atoms with Crippen molar-refractivity contribution < 1.29 is 9.53 Å². The third-order valence-corrected chi connectivity index (χ3v) is 3.34. The molecular weight excluding hydrogens is 298 g/mol. The fraction of sp³-hybridized carbons (Fsp3) is 0.400. The number of methoxy groups -OCH3 is 1. The second-order valence-corrected chi connectivity index (χ2v) is 4.90. The van der Waals surface area contributed by atoms with E-state index in [1.807, 2.05) is 31.2 Å². The Hall–Kier alpha value is -2.77. The molecule has 1 aromatic heterocycles. The lowest BCUT2D eigenvalue weighted by Crippen LogP contribution is -2.38. The summed E-state index contributed by atoms with van der Waals surface area (Å²) in [6.07, 6.45) is 0. The first-order valence-electron chi connectivity index (χ1n) is 7.36. The van der Waals surface area contributed by atoms with Crippen molar-refractivity contribution in [2.24, 2.45) is 7.05 Å². The van der Waals surface area contributed by atoms with Crippen molar-refractivity contribution in [3.8, 4) is 17.1 Å². The van der Waals surface area contributed by atoms with Gasteiger partial charge in [0.15, 0.2) is 5.82 Å². The molecular formula is C15H21N5O3. The minimum Gasteiger partial charge on any atom is -0.497 e. The number of hydrogen-bond acceptors (Lipinski definition) is 4. The number of benzene rings is 1. The Morgan fingerprint density at radius 1 is 1.26 bits per heavy atom. The molecule has 0 fully saturated rings. The summed E-state index contributed by atoms with van der Waals surface area (Å²) in [5.41, 5.74) is 0.592. The molecule has 8 nitrogen and oxygen atoms in total. The third-order valence-electron chi connectivity index (χ3n) is 3.34. The molecule has 124 valence electrons. The summed E-state index contributed by atoms with van der Waals surface area (Å²) in [5.74, 6) is 1.31. The van der Waals surface area contributed by atoms with Gasteiger partial charge in [0.1, 0.15) is 5.75 Å². The maximum atomic E-state index is 12.2. The van der Waals surface area contributed by atoms with E-state index in [1.54, 1.807) is 14.2 Å². The molecule has 2 N–H and O–H groups in total. The van der Waals surface area contributed by atoms with Crippen LogP contribution < -0.4 is 21.1 Å². The SMILES string of the molecule is CCNC(=O)NCCn1nc(-c2ccc(OC)cc2)n(C)c1=O. The first-order chi connectivity index (χ1) is 11.1. The van der Waals surface area contributed by atoms with Crippen molar-refractivity contribution in [1.29, 1.82) is 0 Å². The number of nitrogens with one attached hydrogen (secondary N) is 2. The second-order valence-electron chi connectivity index (χ2n) is 4.90. The van der Waals surface area contributed by atoms with Crippen LogP contribution in [0.1, 0.15) is 6.92 Å². The summed E-state index contributed by atoms with van der Waals surface area (Å²) >= 11 is 0. The van der Waals surface area contributed by atoms with Gasteiger partial charge in [0.05, 0.1) is 13.7 Å². The Morgan fingerprint density at radius 2 is 1.96 bits per heavy atom. The quantitative estimate of drug-likeness (QED) is 0.815. The standard InChI is InChI=1S/C15H21N5O3/c1-4-16-14(21)17-9-10-20-15(22)19(2)13(18-20)11-5-7-12(23-3)8-6-11/h5-8H,4,9-10H2,1-3H3,(H2,16,17,21). The fourth-order valence-corrected chi connectivity index (χ4v) is 2.12. The van der Waals surface area contributed by atoms with Crippen molar-refractivity contribution in [2.75, 3.05) is 20.2 Å². The molecule has 2 amide bonds. The minimum absolute atomic E-state index is 0.228. The van der Waals surface area contributed by atoms with Gasteiger partial charge in [-0.3, -0.25) is 4.57 Å². The lowest BCUT2D eigenvalue weighted by molar-refractivity contribution is 0.241. The number of amides is 2. The van der Waals surface area contributed by atoms with Crippen LogP contribution in [0.15, 0.2) is 29.1 Å². The molecule has 0 aliphatic rings. The zero-order valence-corrected chi connectivity index (χ0v) is 13.5. The highest BCUT2D eigenvalue weighted by atomic mass is 16.5. The molecule has 1 aromatic carbocycles. The predicted octanol–water partition coefficient (Wildman–Crippen LogP) is 0.576. The highest BCUT2D eigenvalue weighted by molar-refractivity contribution is 5.73. The Kier molecular flexibility index (Phi) is 5.40. The summed E-state index contributed by atoms with van der Waals surface area (Å²) in [4.78, 5) is 23.5. The van der Waals surface area contributed by atoms with Crippen molar-refractivity contribution in [2.45, 2.75) is 13.5 Å². The van der Waals surface area contributed by atoms with Crippen LogP contribution in [-0.4, -0.2) is 40.6 Å². The van der Waals surface area contributed by atoms with Crippen LogP contribution >= 0.6 is 0 Å². The van der Waals surface area contributed by atoms with Crippen LogP contribution in [0, 0.1) is 0 Å². The van der Waals surface area contributed by atoms with Gasteiger partial charge in [0.25, 0.3) is 0 Å². The summed E-state index contributed by atoms with van der Waals surface area (Å²) in [5, 5.41) is 9.62. The van der Waals surface area contributed by atoms with E-state index in [1.165, 1.54) is 9.25 Å². The first kappa shape index (κ1) is 16.6. The van der Waals surface area contributed by atoms with Crippen molar-refractivity contribution in [3.63, 3.8) is 0 Å². The average Bonchev–Trinajstić information content (AvgIpc) is 2.84. The van der Waals surface area contributed by atoms with E-state index >= 15 is 0 Å². The number of urea groups is 1. The minimum atomic E-state index is -0.258. The van der Waals surface area contributed by atoms with E-state index in [0.29, 0.717) is 25.5 Å². The van der Waals surface area contributed by atoms with Crippen LogP contribution in [0.3, 0.4) is 0 Å². The molecule has 0 bridgehead atoms. The molecule has 1 heterocycles. The molecule has 0 spiro atoms. The van der Waals surface area contributed by atoms with Gasteiger partial charge in [0.2, 0.25) is 0 Å². The van der Waals surface area contributed by atoms with Gasteiger partial charge in [-0.2, -0.15) is 0 Å². The summed E-state index contributed by atoms with van der Waals surface area (Å²) in [6.45, 7) is 3.02. The molecule has 23 heavy (non-hydrogen) atoms. The van der Waals surface area contributed by atoms with Crippen LogP contribution in [0.25, 0.3) is 11.4 Å². The van der Waals surface area contributed by atoms with Gasteiger partial charge in [-0.05, 0) is 31.2 Å². The zero-order valence-electron chi connectivity index (χ0n) is 13.5. The lowest BCUT2D eigenvalue weighted by atomic mass is 10.2. The van der Waals surface area contributed by atoms with E-state index in [9.17, 15) is 9.59 Å². The van der Waals surface area contributed by atoms with Crippen LogP contribution in [0.2, 0.25) is 0 Å². The molecule has 0 atom stereocenters. The summed E-state index contributed by atoms with van der Waals surface area (Å²) < 4.78 is 7.94. The van der Waals surface area contributed by atoms with Crippen molar-refractivity contribution >= 4 is 6.03 Å². The van der Waals surface area contributed by atoms with Gasteiger partial charge >= 0.3 is 11.7 Å². The smallest absolute Gasteiger partial charge is 0.345 e. The Bertz CT molecular complexity index is 718. The number of hydrogen-bond donors (Lipinski definition) is 2. The average molecular weight is 319 g/mol. The maximum Gasteiger partial charge on any atom is 0.345 e. The Balaban J connectivity index is 2.11. The highest BCUT2D eigenvalue weighted by Crippen LogP contribution is 2.19. The normalized spacial score (nSPS) is 10.4. The number of rotatable bonds is 6. The van der Waals surface area contributed by atoms with Gasteiger partial charge < -0.3 is 15.4 Å². The topological polar surface area (TPSA) is 90.2 Å². The Morgan fingerprint density at radius 3 is 2.57 bits per heavy atom. The van der Waals surface area contributed by atoms with Crippen LogP contribution in [0.5, 0.6) is 5.75 Å². The molecule has 0 saturated heterocycles. The highest BCUT2D eigenvalue weighted by Gasteiger charge is 2.12. The molecule has 2 rings (SSSR count). The van der Waals surface area contributed by atoms with Gasteiger partial charge in [0, 0.05) is 25.7 Å². The van der Waals surface area contributed by atoms with E-state index in [-0.39, 0.29) is 11.7 Å². The van der Waals surface area contributed by atoms with E-state index in [2.05, 4.69) is 15.7 Å².